The highest BCUT2D eigenvalue weighted by atomic mass is 32.2. The third kappa shape index (κ3) is 3.41. The molecule has 0 amide bonds. The van der Waals surface area contributed by atoms with Crippen LogP contribution in [0.15, 0.2) is 23.1 Å². The number of methoxy groups -OCH3 is 1. The monoisotopic (exact) mass is 302 g/mol. The zero-order valence-corrected chi connectivity index (χ0v) is 13.2. The number of sulfonamides is 1. The summed E-state index contributed by atoms with van der Waals surface area (Å²) in [6.07, 6.45) is 0. The summed E-state index contributed by atoms with van der Waals surface area (Å²) in [7, 11) is -2.50. The summed E-state index contributed by atoms with van der Waals surface area (Å²) in [6.45, 7) is 6.27. The Labute approximate surface area is 120 Å². The number of hydrogen-bond donors (Lipinski definition) is 3. The number of aliphatic hydroxyl groups is 1. The molecule has 0 saturated carbocycles. The van der Waals surface area contributed by atoms with Crippen LogP contribution in [0.25, 0.3) is 0 Å². The van der Waals surface area contributed by atoms with E-state index in [1.807, 2.05) is 0 Å². The zero-order chi connectivity index (χ0) is 15.8. The highest BCUT2D eigenvalue weighted by Gasteiger charge is 2.39. The molecule has 0 heterocycles. The number of hydrogen-bond acceptors (Lipinski definition) is 5. The van der Waals surface area contributed by atoms with Crippen molar-refractivity contribution in [2.75, 3.05) is 12.8 Å². The van der Waals surface area contributed by atoms with Gasteiger partial charge in [-0.25, -0.2) is 13.1 Å². The Hall–Kier alpha value is -1.31. The van der Waals surface area contributed by atoms with Crippen molar-refractivity contribution in [3.63, 3.8) is 0 Å². The first-order chi connectivity index (χ1) is 8.90. The van der Waals surface area contributed by atoms with Gasteiger partial charge in [0.1, 0.15) is 10.6 Å². The van der Waals surface area contributed by atoms with Crippen LogP contribution in [0.5, 0.6) is 5.75 Å². The predicted octanol–water partition coefficient (Wildman–Crippen LogP) is 1.11. The van der Waals surface area contributed by atoms with Gasteiger partial charge in [-0.1, -0.05) is 0 Å². The normalized spacial score (nSPS) is 13.3. The van der Waals surface area contributed by atoms with Crippen molar-refractivity contribution in [3.8, 4) is 5.75 Å². The van der Waals surface area contributed by atoms with E-state index in [-0.39, 0.29) is 10.6 Å². The molecule has 0 aliphatic rings. The Bertz CT molecular complexity index is 589. The van der Waals surface area contributed by atoms with Gasteiger partial charge in [0.15, 0.2) is 0 Å². The first-order valence-corrected chi connectivity index (χ1v) is 7.59. The van der Waals surface area contributed by atoms with E-state index in [4.69, 9.17) is 10.5 Å². The third-order valence-electron chi connectivity index (χ3n) is 3.40. The molecule has 1 aromatic rings. The number of anilines is 1. The van der Waals surface area contributed by atoms with Crippen molar-refractivity contribution < 1.29 is 18.3 Å². The summed E-state index contributed by atoms with van der Waals surface area (Å²) in [5.41, 5.74) is 3.63. The molecule has 4 N–H and O–H groups in total. The lowest BCUT2D eigenvalue weighted by atomic mass is 9.87. The molecular formula is C13H22N2O4S. The van der Waals surface area contributed by atoms with Crippen molar-refractivity contribution in [1.82, 2.24) is 4.72 Å². The van der Waals surface area contributed by atoms with Crippen molar-refractivity contribution in [2.45, 2.75) is 43.7 Å². The van der Waals surface area contributed by atoms with E-state index in [2.05, 4.69) is 4.72 Å². The van der Waals surface area contributed by atoms with E-state index >= 15 is 0 Å². The summed E-state index contributed by atoms with van der Waals surface area (Å²) in [4.78, 5) is -0.0580. The molecule has 0 bridgehead atoms. The molecule has 0 fully saturated rings. The maximum absolute atomic E-state index is 12.5. The molecule has 0 aromatic heterocycles. The average Bonchev–Trinajstić information content (AvgIpc) is 2.26. The van der Waals surface area contributed by atoms with Gasteiger partial charge in [0, 0.05) is 5.69 Å². The van der Waals surface area contributed by atoms with Gasteiger partial charge in [0.25, 0.3) is 0 Å². The van der Waals surface area contributed by atoms with Gasteiger partial charge >= 0.3 is 0 Å². The van der Waals surface area contributed by atoms with Crippen LogP contribution in [0.2, 0.25) is 0 Å². The fraction of sp³-hybridized carbons (Fsp3) is 0.538. The minimum Gasteiger partial charge on any atom is -0.495 e. The SMILES string of the molecule is COc1ccc(N)cc1S(=O)(=O)NC(C)(C)C(C)(C)O. The van der Waals surface area contributed by atoms with Crippen LogP contribution in [0, 0.1) is 0 Å². The fourth-order valence-corrected chi connectivity index (χ4v) is 3.16. The molecule has 0 unspecified atom stereocenters. The number of nitrogens with one attached hydrogen (secondary N) is 1. The lowest BCUT2D eigenvalue weighted by Crippen LogP contribution is -2.57. The smallest absolute Gasteiger partial charge is 0.244 e. The highest BCUT2D eigenvalue weighted by Crippen LogP contribution is 2.29. The molecular weight excluding hydrogens is 280 g/mol. The van der Waals surface area contributed by atoms with Crippen molar-refractivity contribution in [3.05, 3.63) is 18.2 Å². The summed E-state index contributed by atoms with van der Waals surface area (Å²) < 4.78 is 32.5. The Morgan fingerprint density at radius 1 is 1.25 bits per heavy atom. The number of ether oxygens (including phenoxy) is 1. The molecule has 20 heavy (non-hydrogen) atoms. The highest BCUT2D eigenvalue weighted by molar-refractivity contribution is 7.89. The van der Waals surface area contributed by atoms with Gasteiger partial charge in [0.05, 0.1) is 18.2 Å². The minimum atomic E-state index is -3.88. The van der Waals surface area contributed by atoms with E-state index in [9.17, 15) is 13.5 Å². The average molecular weight is 302 g/mol. The molecule has 0 aliphatic carbocycles. The molecule has 6 nitrogen and oxygen atoms in total. The van der Waals surface area contributed by atoms with Gasteiger partial charge in [-0.3, -0.25) is 0 Å². The van der Waals surface area contributed by atoms with Gasteiger partial charge in [-0.15, -0.1) is 0 Å². The van der Waals surface area contributed by atoms with E-state index in [1.54, 1.807) is 19.9 Å². The molecule has 114 valence electrons. The first kappa shape index (κ1) is 16.7. The largest absolute Gasteiger partial charge is 0.495 e. The molecule has 1 rings (SSSR count). The Morgan fingerprint density at radius 3 is 2.25 bits per heavy atom. The van der Waals surface area contributed by atoms with Gasteiger partial charge in [-0.05, 0) is 45.9 Å². The van der Waals surface area contributed by atoms with E-state index < -0.39 is 21.2 Å². The van der Waals surface area contributed by atoms with Crippen molar-refractivity contribution in [1.29, 1.82) is 0 Å². The lowest BCUT2D eigenvalue weighted by molar-refractivity contribution is 0.00637. The van der Waals surface area contributed by atoms with E-state index in [1.165, 1.54) is 33.1 Å². The summed E-state index contributed by atoms with van der Waals surface area (Å²) >= 11 is 0. The van der Waals surface area contributed by atoms with Gasteiger partial charge in [-0.2, -0.15) is 0 Å². The van der Waals surface area contributed by atoms with Crippen LogP contribution < -0.4 is 15.2 Å². The Kier molecular flexibility index (Phi) is 4.38. The maximum Gasteiger partial charge on any atom is 0.244 e. The Balaban J connectivity index is 3.29. The topological polar surface area (TPSA) is 102 Å². The molecule has 0 atom stereocenters. The van der Waals surface area contributed by atoms with Crippen molar-refractivity contribution >= 4 is 15.7 Å². The lowest BCUT2D eigenvalue weighted by Gasteiger charge is -2.37. The summed E-state index contributed by atoms with van der Waals surface area (Å²) in [6, 6.07) is 4.36. The quantitative estimate of drug-likeness (QED) is 0.707. The third-order valence-corrected chi connectivity index (χ3v) is 5.07. The maximum atomic E-state index is 12.5. The summed E-state index contributed by atoms with van der Waals surface area (Å²) in [5, 5.41) is 10.1. The zero-order valence-electron chi connectivity index (χ0n) is 12.4. The minimum absolute atomic E-state index is 0.0580. The standard InChI is InChI=1S/C13H22N2O4S/c1-12(2,13(3,4)16)15-20(17,18)11-8-9(14)6-7-10(11)19-5/h6-8,15-16H,14H2,1-5H3. The second-order valence-electron chi connectivity index (χ2n) is 5.70. The molecule has 7 heteroatoms. The second kappa shape index (κ2) is 5.23. The van der Waals surface area contributed by atoms with Gasteiger partial charge in [0.2, 0.25) is 10.0 Å². The van der Waals surface area contributed by atoms with Crippen LogP contribution in [0.1, 0.15) is 27.7 Å². The van der Waals surface area contributed by atoms with Crippen LogP contribution >= 0.6 is 0 Å². The predicted molar refractivity (Wildman–Crippen MR) is 78.1 cm³/mol. The van der Waals surface area contributed by atoms with Crippen LogP contribution in [-0.4, -0.2) is 31.8 Å². The number of nitrogen functional groups attached to an aromatic ring is 1. The molecule has 0 radical (unpaired) electrons. The van der Waals surface area contributed by atoms with Crippen LogP contribution in [0.3, 0.4) is 0 Å². The second-order valence-corrected chi connectivity index (χ2v) is 7.35. The first-order valence-electron chi connectivity index (χ1n) is 6.10. The molecule has 0 aliphatic heterocycles. The molecule has 0 saturated heterocycles. The number of nitrogens with two attached hydrogens (primary N) is 1. The van der Waals surface area contributed by atoms with E-state index in [0.717, 1.165) is 0 Å². The summed E-state index contributed by atoms with van der Waals surface area (Å²) in [5.74, 6) is 0.193. The van der Waals surface area contributed by atoms with Gasteiger partial charge < -0.3 is 15.6 Å². The van der Waals surface area contributed by atoms with E-state index in [0.29, 0.717) is 5.69 Å². The molecule has 0 spiro atoms. The molecule has 1 aromatic carbocycles. The number of rotatable bonds is 5. The Morgan fingerprint density at radius 2 is 1.80 bits per heavy atom. The fourth-order valence-electron chi connectivity index (χ4n) is 1.42. The number of benzene rings is 1. The van der Waals surface area contributed by atoms with Crippen molar-refractivity contribution in [2.24, 2.45) is 0 Å². The van der Waals surface area contributed by atoms with Crippen LogP contribution in [-0.2, 0) is 10.0 Å². The van der Waals surface area contributed by atoms with Crippen LogP contribution in [0.4, 0.5) is 5.69 Å².